The van der Waals surface area contributed by atoms with E-state index in [1.807, 2.05) is 62.4 Å². The number of nitrogens with zero attached hydrogens (tertiary/aromatic N) is 1. The summed E-state index contributed by atoms with van der Waals surface area (Å²) in [7, 11) is 0. The van der Waals surface area contributed by atoms with E-state index in [9.17, 15) is 9.59 Å². The molecule has 2 heterocycles. The summed E-state index contributed by atoms with van der Waals surface area (Å²) in [5.41, 5.74) is 4.13. The molecule has 0 aliphatic rings. The summed E-state index contributed by atoms with van der Waals surface area (Å²) >= 11 is 7.21. The minimum atomic E-state index is -0.315. The normalized spacial score (nSPS) is 11.1. The van der Waals surface area contributed by atoms with E-state index in [4.69, 9.17) is 11.6 Å². The minimum Gasteiger partial charge on any atom is -0.347 e. The zero-order chi connectivity index (χ0) is 23.4. The van der Waals surface area contributed by atoms with Gasteiger partial charge >= 0.3 is 0 Å². The fourth-order valence-electron chi connectivity index (χ4n) is 3.49. The lowest BCUT2D eigenvalue weighted by molar-refractivity contribution is -0.111. The van der Waals surface area contributed by atoms with Crippen LogP contribution in [0.15, 0.2) is 66.7 Å². The lowest BCUT2D eigenvalue weighted by Crippen LogP contribution is -2.23. The largest absolute Gasteiger partial charge is 0.347 e. The second-order valence-corrected chi connectivity index (χ2v) is 9.04. The summed E-state index contributed by atoms with van der Waals surface area (Å²) in [6.45, 7) is 4.21. The average molecular weight is 476 g/mol. The lowest BCUT2D eigenvalue weighted by Gasteiger charge is -2.08. The third kappa shape index (κ3) is 5.48. The first-order chi connectivity index (χ1) is 15.9. The summed E-state index contributed by atoms with van der Waals surface area (Å²) in [5, 5.41) is 7.27. The van der Waals surface area contributed by atoms with Gasteiger partial charge < -0.3 is 10.6 Å². The SMILES string of the molecule is Cc1cc(C)c2c(NC(=O)/C=C/c3ccccc3)c(C(=O)NCc3ccc(Cl)cc3)sc2n1. The number of rotatable bonds is 6. The van der Waals surface area contributed by atoms with E-state index in [0.29, 0.717) is 27.0 Å². The van der Waals surface area contributed by atoms with Crippen LogP contribution in [0.5, 0.6) is 0 Å². The van der Waals surface area contributed by atoms with E-state index >= 15 is 0 Å². The van der Waals surface area contributed by atoms with Crippen molar-refractivity contribution >= 4 is 56.7 Å². The zero-order valence-electron chi connectivity index (χ0n) is 18.2. The molecule has 2 aromatic heterocycles. The number of halogens is 1. The molecule has 33 heavy (non-hydrogen) atoms. The third-order valence-electron chi connectivity index (χ3n) is 5.03. The first-order valence-corrected chi connectivity index (χ1v) is 11.6. The number of anilines is 1. The van der Waals surface area contributed by atoms with Gasteiger partial charge in [-0.25, -0.2) is 4.98 Å². The van der Waals surface area contributed by atoms with Crippen LogP contribution in [0.1, 0.15) is 32.1 Å². The Morgan fingerprint density at radius 2 is 1.79 bits per heavy atom. The van der Waals surface area contributed by atoms with Crippen molar-refractivity contribution < 1.29 is 9.59 Å². The molecule has 0 radical (unpaired) electrons. The summed E-state index contributed by atoms with van der Waals surface area (Å²) < 4.78 is 0. The number of fused-ring (bicyclic) bond motifs is 1. The van der Waals surface area contributed by atoms with Crippen LogP contribution in [-0.2, 0) is 11.3 Å². The number of amides is 2. The molecule has 0 aliphatic carbocycles. The Kier molecular flexibility index (Phi) is 6.87. The van der Waals surface area contributed by atoms with Crippen LogP contribution >= 0.6 is 22.9 Å². The van der Waals surface area contributed by atoms with Gasteiger partial charge in [0, 0.05) is 28.7 Å². The highest BCUT2D eigenvalue weighted by Crippen LogP contribution is 2.37. The van der Waals surface area contributed by atoms with Crippen molar-refractivity contribution in [2.45, 2.75) is 20.4 Å². The Balaban J connectivity index is 1.62. The Morgan fingerprint density at radius 3 is 2.52 bits per heavy atom. The maximum absolute atomic E-state index is 13.1. The number of nitrogens with one attached hydrogen (secondary N) is 2. The summed E-state index contributed by atoms with van der Waals surface area (Å²) in [4.78, 5) is 31.6. The Bertz CT molecular complexity index is 1350. The van der Waals surface area contributed by atoms with Crippen LogP contribution in [0, 0.1) is 13.8 Å². The van der Waals surface area contributed by atoms with Crippen molar-refractivity contribution in [3.05, 3.63) is 99.0 Å². The van der Waals surface area contributed by atoms with Gasteiger partial charge in [-0.2, -0.15) is 0 Å². The van der Waals surface area contributed by atoms with Crippen molar-refractivity contribution in [1.29, 1.82) is 0 Å². The molecule has 0 bridgehead atoms. The minimum absolute atomic E-state index is 0.271. The molecular weight excluding hydrogens is 454 g/mol. The number of thiophene rings is 1. The maximum atomic E-state index is 13.1. The Hall–Kier alpha value is -3.48. The number of carbonyl (C=O) groups excluding carboxylic acids is 2. The molecule has 0 saturated carbocycles. The van der Waals surface area contributed by atoms with Crippen LogP contribution in [0.2, 0.25) is 5.02 Å². The molecule has 0 spiro atoms. The number of pyridine rings is 1. The Labute approximate surface area is 201 Å². The summed E-state index contributed by atoms with van der Waals surface area (Å²) in [6.07, 6.45) is 3.20. The van der Waals surface area contributed by atoms with E-state index in [0.717, 1.165) is 27.8 Å². The second kappa shape index (κ2) is 9.98. The van der Waals surface area contributed by atoms with Gasteiger partial charge in [-0.15, -0.1) is 11.3 Å². The predicted octanol–water partition coefficient (Wildman–Crippen LogP) is 6.15. The highest BCUT2D eigenvalue weighted by molar-refractivity contribution is 7.21. The molecule has 7 heteroatoms. The molecule has 2 N–H and O–H groups in total. The van der Waals surface area contributed by atoms with Gasteiger partial charge in [-0.3, -0.25) is 9.59 Å². The first kappa shape index (κ1) is 22.7. The van der Waals surface area contributed by atoms with Crippen LogP contribution in [0.4, 0.5) is 5.69 Å². The van der Waals surface area contributed by atoms with Gasteiger partial charge in [0.1, 0.15) is 9.71 Å². The topological polar surface area (TPSA) is 71.1 Å². The van der Waals surface area contributed by atoms with Crippen LogP contribution in [-0.4, -0.2) is 16.8 Å². The molecule has 0 aliphatic heterocycles. The fraction of sp³-hybridized carbons (Fsp3) is 0.115. The third-order valence-corrected chi connectivity index (χ3v) is 6.37. The molecule has 5 nitrogen and oxygen atoms in total. The van der Waals surface area contributed by atoms with Crippen molar-refractivity contribution in [3.63, 3.8) is 0 Å². The van der Waals surface area contributed by atoms with E-state index in [1.54, 1.807) is 18.2 Å². The molecule has 0 atom stereocenters. The van der Waals surface area contributed by atoms with Crippen LogP contribution < -0.4 is 10.6 Å². The quantitative estimate of drug-likeness (QED) is 0.328. The van der Waals surface area contributed by atoms with E-state index < -0.39 is 0 Å². The second-order valence-electron chi connectivity index (χ2n) is 7.61. The molecule has 0 unspecified atom stereocenters. The number of carbonyl (C=O) groups is 2. The van der Waals surface area contributed by atoms with Gasteiger partial charge in [0.05, 0.1) is 5.69 Å². The maximum Gasteiger partial charge on any atom is 0.263 e. The van der Waals surface area contributed by atoms with Gasteiger partial charge in [0.2, 0.25) is 5.91 Å². The highest BCUT2D eigenvalue weighted by Gasteiger charge is 2.22. The van der Waals surface area contributed by atoms with Crippen LogP contribution in [0.3, 0.4) is 0 Å². The molecule has 2 amide bonds. The first-order valence-electron chi connectivity index (χ1n) is 10.4. The van der Waals surface area contributed by atoms with E-state index in [-0.39, 0.29) is 11.8 Å². The highest BCUT2D eigenvalue weighted by atomic mass is 35.5. The van der Waals surface area contributed by atoms with E-state index in [2.05, 4.69) is 15.6 Å². The van der Waals surface area contributed by atoms with Gasteiger partial charge in [-0.05, 0) is 54.8 Å². The number of aryl methyl sites for hydroxylation is 2. The zero-order valence-corrected chi connectivity index (χ0v) is 19.8. The number of aromatic nitrogens is 1. The van der Waals surface area contributed by atoms with Crippen molar-refractivity contribution in [3.8, 4) is 0 Å². The lowest BCUT2D eigenvalue weighted by atomic mass is 10.1. The summed E-state index contributed by atoms with van der Waals surface area (Å²) in [5.74, 6) is -0.586. The molecule has 2 aromatic carbocycles. The number of benzene rings is 2. The molecule has 0 saturated heterocycles. The van der Waals surface area contributed by atoms with Gasteiger partial charge in [-0.1, -0.05) is 54.1 Å². The van der Waals surface area contributed by atoms with Gasteiger partial charge in [0.25, 0.3) is 5.91 Å². The molecular formula is C26H22ClN3O2S. The fourth-order valence-corrected chi connectivity index (χ4v) is 4.78. The molecule has 166 valence electrons. The van der Waals surface area contributed by atoms with Crippen molar-refractivity contribution in [2.75, 3.05) is 5.32 Å². The molecule has 0 fully saturated rings. The predicted molar refractivity (Wildman–Crippen MR) is 136 cm³/mol. The Morgan fingerprint density at radius 1 is 1.06 bits per heavy atom. The monoisotopic (exact) mass is 475 g/mol. The molecule has 4 rings (SSSR count). The number of hydrogen-bond acceptors (Lipinski definition) is 4. The average Bonchev–Trinajstić information content (AvgIpc) is 3.16. The number of hydrogen-bond donors (Lipinski definition) is 2. The standard InChI is InChI=1S/C26H22ClN3O2S/c1-16-14-17(2)29-26-22(16)23(30-21(31)13-10-18-6-4-3-5-7-18)24(33-26)25(32)28-15-19-8-11-20(27)12-9-19/h3-14H,15H2,1-2H3,(H,28,32)(H,30,31)/b13-10+. The smallest absolute Gasteiger partial charge is 0.263 e. The summed E-state index contributed by atoms with van der Waals surface area (Å²) in [6, 6.07) is 18.8. The van der Waals surface area contributed by atoms with Crippen LogP contribution in [0.25, 0.3) is 16.3 Å². The van der Waals surface area contributed by atoms with Crippen molar-refractivity contribution in [2.24, 2.45) is 0 Å². The van der Waals surface area contributed by atoms with Gasteiger partial charge in [0.15, 0.2) is 0 Å². The van der Waals surface area contributed by atoms with Crippen molar-refractivity contribution in [1.82, 2.24) is 10.3 Å². The molecule has 4 aromatic rings. The van der Waals surface area contributed by atoms with E-state index in [1.165, 1.54) is 17.4 Å².